The van der Waals surface area contributed by atoms with E-state index in [1.807, 2.05) is 18.2 Å². The highest BCUT2D eigenvalue weighted by Crippen LogP contribution is 2.23. The van der Waals surface area contributed by atoms with Crippen molar-refractivity contribution in [3.63, 3.8) is 0 Å². The van der Waals surface area contributed by atoms with Crippen LogP contribution in [0.1, 0.15) is 9.67 Å². The van der Waals surface area contributed by atoms with Crippen molar-refractivity contribution in [3.8, 4) is 0 Å². The highest BCUT2D eigenvalue weighted by atomic mass is 32.1. The third kappa shape index (κ3) is 2.08. The molecule has 0 aromatic carbocycles. The van der Waals surface area contributed by atoms with Gasteiger partial charge >= 0.3 is 0 Å². The fraction of sp³-hybridized carbons (Fsp3) is 0. The number of aromatic nitrogens is 2. The number of rotatable bonds is 2. The van der Waals surface area contributed by atoms with E-state index in [4.69, 9.17) is 0 Å². The van der Waals surface area contributed by atoms with Crippen molar-refractivity contribution in [1.29, 1.82) is 0 Å². The summed E-state index contributed by atoms with van der Waals surface area (Å²) in [6.45, 7) is 0. The number of pyridine rings is 2. The first-order valence-corrected chi connectivity index (χ1v) is 6.20. The molecule has 0 aliphatic heterocycles. The highest BCUT2D eigenvalue weighted by molar-refractivity contribution is 7.20. The van der Waals surface area contributed by atoms with Crippen LogP contribution in [0.15, 0.2) is 48.9 Å². The van der Waals surface area contributed by atoms with E-state index in [0.717, 1.165) is 10.2 Å². The molecule has 3 heterocycles. The van der Waals surface area contributed by atoms with Crippen molar-refractivity contribution < 1.29 is 4.79 Å². The number of anilines is 1. The normalized spacial score (nSPS) is 10.4. The molecule has 0 spiro atoms. The van der Waals surface area contributed by atoms with Gasteiger partial charge in [0.2, 0.25) is 0 Å². The van der Waals surface area contributed by atoms with E-state index in [1.54, 1.807) is 30.7 Å². The van der Waals surface area contributed by atoms with Crippen LogP contribution in [0.3, 0.4) is 0 Å². The molecule has 0 saturated carbocycles. The number of hydrogen-bond acceptors (Lipinski definition) is 4. The molecule has 3 aromatic heterocycles. The van der Waals surface area contributed by atoms with E-state index in [9.17, 15) is 4.79 Å². The first kappa shape index (κ1) is 10.9. The molecule has 0 aliphatic rings. The quantitative estimate of drug-likeness (QED) is 0.766. The van der Waals surface area contributed by atoms with E-state index in [-0.39, 0.29) is 5.91 Å². The number of hydrogen-bond donors (Lipinski definition) is 1. The summed E-state index contributed by atoms with van der Waals surface area (Å²) in [6, 6.07) is 9.23. The lowest BCUT2D eigenvalue weighted by Gasteiger charge is -2.01. The molecular formula is C13H9N3OS. The number of fused-ring (bicyclic) bond motifs is 1. The molecule has 0 unspecified atom stereocenters. The largest absolute Gasteiger partial charge is 0.320 e. The lowest BCUT2D eigenvalue weighted by Crippen LogP contribution is -2.09. The van der Waals surface area contributed by atoms with Gasteiger partial charge in [-0.15, -0.1) is 11.3 Å². The molecule has 18 heavy (non-hydrogen) atoms. The molecular weight excluding hydrogens is 246 g/mol. The molecule has 0 bridgehead atoms. The van der Waals surface area contributed by atoms with E-state index < -0.39 is 0 Å². The van der Waals surface area contributed by atoms with Gasteiger partial charge in [0.15, 0.2) is 0 Å². The zero-order valence-electron chi connectivity index (χ0n) is 9.33. The summed E-state index contributed by atoms with van der Waals surface area (Å²) in [6.07, 6.45) is 5.00. The minimum absolute atomic E-state index is 0.133. The second-order valence-corrected chi connectivity index (χ2v) is 4.73. The Balaban J connectivity index is 1.88. The highest BCUT2D eigenvalue weighted by Gasteiger charge is 2.10. The van der Waals surface area contributed by atoms with E-state index in [2.05, 4.69) is 15.3 Å². The van der Waals surface area contributed by atoms with Crippen molar-refractivity contribution in [2.24, 2.45) is 0 Å². The van der Waals surface area contributed by atoms with Gasteiger partial charge in [0.25, 0.3) is 5.91 Å². The Kier molecular flexibility index (Phi) is 2.74. The molecule has 5 heteroatoms. The maximum Gasteiger partial charge on any atom is 0.265 e. The molecule has 0 atom stereocenters. The standard InChI is InChI=1S/C13H9N3OS/c17-12(16-10-4-2-5-14-8-10)11-7-9-3-1-6-15-13(9)18-11/h1-8H,(H,16,17). The van der Waals surface area contributed by atoms with Gasteiger partial charge in [0.05, 0.1) is 16.8 Å². The SMILES string of the molecule is O=C(Nc1cccnc1)c1cc2cccnc2s1. The van der Waals surface area contributed by atoms with Gasteiger partial charge < -0.3 is 5.32 Å². The minimum Gasteiger partial charge on any atom is -0.320 e. The number of amides is 1. The van der Waals surface area contributed by atoms with Crippen molar-refractivity contribution in [2.75, 3.05) is 5.32 Å². The average Bonchev–Trinajstić information content (AvgIpc) is 2.84. The van der Waals surface area contributed by atoms with Gasteiger partial charge in [0, 0.05) is 17.8 Å². The van der Waals surface area contributed by atoms with Crippen molar-refractivity contribution in [1.82, 2.24) is 9.97 Å². The smallest absolute Gasteiger partial charge is 0.265 e. The zero-order chi connectivity index (χ0) is 12.4. The zero-order valence-corrected chi connectivity index (χ0v) is 10.1. The predicted octanol–water partition coefficient (Wildman–Crippen LogP) is 2.94. The van der Waals surface area contributed by atoms with Gasteiger partial charge in [-0.25, -0.2) is 4.98 Å². The monoisotopic (exact) mass is 255 g/mol. The molecule has 0 radical (unpaired) electrons. The van der Waals surface area contributed by atoms with Crippen LogP contribution in [-0.4, -0.2) is 15.9 Å². The first-order valence-electron chi connectivity index (χ1n) is 5.39. The van der Waals surface area contributed by atoms with Crippen molar-refractivity contribution >= 4 is 33.1 Å². The Labute approximate surface area is 107 Å². The predicted molar refractivity (Wildman–Crippen MR) is 71.8 cm³/mol. The van der Waals surface area contributed by atoms with Gasteiger partial charge in [-0.1, -0.05) is 6.07 Å². The van der Waals surface area contributed by atoms with Gasteiger partial charge in [-0.05, 0) is 24.3 Å². The Morgan fingerprint density at radius 3 is 2.89 bits per heavy atom. The van der Waals surface area contributed by atoms with Crippen LogP contribution in [0.4, 0.5) is 5.69 Å². The molecule has 3 aromatic rings. The van der Waals surface area contributed by atoms with Crippen LogP contribution in [0, 0.1) is 0 Å². The Bertz CT molecular complexity index is 661. The number of nitrogens with zero attached hydrogens (tertiary/aromatic N) is 2. The van der Waals surface area contributed by atoms with Crippen LogP contribution in [0.25, 0.3) is 10.2 Å². The van der Waals surface area contributed by atoms with Crippen LogP contribution in [0.2, 0.25) is 0 Å². The third-order valence-electron chi connectivity index (χ3n) is 2.44. The molecule has 0 saturated heterocycles. The number of thiophene rings is 1. The summed E-state index contributed by atoms with van der Waals surface area (Å²) >= 11 is 1.38. The molecule has 0 aliphatic carbocycles. The molecule has 3 rings (SSSR count). The maximum atomic E-state index is 12.0. The number of carbonyl (C=O) groups is 1. The summed E-state index contributed by atoms with van der Waals surface area (Å²) in [5.74, 6) is -0.133. The number of nitrogens with one attached hydrogen (secondary N) is 1. The second kappa shape index (κ2) is 4.54. The van der Waals surface area contributed by atoms with E-state index in [1.165, 1.54) is 11.3 Å². The fourth-order valence-electron chi connectivity index (χ4n) is 1.61. The molecule has 4 nitrogen and oxygen atoms in total. The molecule has 88 valence electrons. The van der Waals surface area contributed by atoms with E-state index >= 15 is 0 Å². The third-order valence-corrected chi connectivity index (χ3v) is 3.49. The summed E-state index contributed by atoms with van der Waals surface area (Å²) in [7, 11) is 0. The summed E-state index contributed by atoms with van der Waals surface area (Å²) < 4.78 is 0. The van der Waals surface area contributed by atoms with Gasteiger partial charge in [-0.3, -0.25) is 9.78 Å². The summed E-state index contributed by atoms with van der Waals surface area (Å²) in [5, 5.41) is 3.79. The summed E-state index contributed by atoms with van der Waals surface area (Å²) in [5.41, 5.74) is 0.688. The lowest BCUT2D eigenvalue weighted by atomic mass is 10.3. The van der Waals surface area contributed by atoms with Crippen LogP contribution < -0.4 is 5.32 Å². The second-order valence-electron chi connectivity index (χ2n) is 3.70. The van der Waals surface area contributed by atoms with Crippen molar-refractivity contribution in [2.45, 2.75) is 0 Å². The first-order chi connectivity index (χ1) is 8.83. The average molecular weight is 255 g/mol. The van der Waals surface area contributed by atoms with Crippen LogP contribution in [0.5, 0.6) is 0 Å². The van der Waals surface area contributed by atoms with Crippen LogP contribution in [-0.2, 0) is 0 Å². The number of carbonyl (C=O) groups excluding carboxylic acids is 1. The fourth-order valence-corrected chi connectivity index (χ4v) is 2.51. The lowest BCUT2D eigenvalue weighted by molar-refractivity contribution is 0.103. The van der Waals surface area contributed by atoms with Gasteiger partial charge in [-0.2, -0.15) is 0 Å². The topological polar surface area (TPSA) is 54.9 Å². The van der Waals surface area contributed by atoms with Gasteiger partial charge in [0.1, 0.15) is 4.83 Å². The minimum atomic E-state index is -0.133. The molecule has 1 N–H and O–H groups in total. The molecule has 1 amide bonds. The Morgan fingerprint density at radius 1 is 1.22 bits per heavy atom. The Hall–Kier alpha value is -2.27. The van der Waals surface area contributed by atoms with Crippen LogP contribution >= 0.6 is 11.3 Å². The van der Waals surface area contributed by atoms with E-state index in [0.29, 0.717) is 10.6 Å². The summed E-state index contributed by atoms with van der Waals surface area (Å²) in [4.78, 5) is 21.7. The molecule has 0 fully saturated rings. The maximum absolute atomic E-state index is 12.0. The van der Waals surface area contributed by atoms with Crippen molar-refractivity contribution in [3.05, 3.63) is 53.8 Å². The Morgan fingerprint density at radius 2 is 2.11 bits per heavy atom.